The predicted octanol–water partition coefficient (Wildman–Crippen LogP) is 3.90. The van der Waals surface area contributed by atoms with Crippen LogP contribution in [0, 0.1) is 18.7 Å². The first-order chi connectivity index (χ1) is 8.96. The van der Waals surface area contributed by atoms with Gasteiger partial charge < -0.3 is 10.5 Å². The van der Waals surface area contributed by atoms with E-state index >= 15 is 0 Å². The van der Waals surface area contributed by atoms with Crippen LogP contribution in [0.15, 0.2) is 18.2 Å². The van der Waals surface area contributed by atoms with Gasteiger partial charge in [-0.15, -0.1) is 0 Å². The number of halogens is 1. The Balaban J connectivity index is 2.41. The van der Waals surface area contributed by atoms with Gasteiger partial charge in [0.15, 0.2) is 0 Å². The Morgan fingerprint density at radius 1 is 1.30 bits per heavy atom. The average Bonchev–Trinajstić information content (AvgIpc) is 2.51. The molecule has 2 nitrogen and oxygen atoms in total. The fraction of sp³-hybridized carbons (Fsp3) is 0.647. The molecule has 2 unspecified atom stereocenters. The molecule has 0 bridgehead atoms. The third-order valence-electron chi connectivity index (χ3n) is 4.59. The minimum absolute atomic E-state index is 0.132. The molecule has 0 saturated carbocycles. The molecular weight excluding hydrogens is 253 g/mol. The van der Waals surface area contributed by atoms with Gasteiger partial charge in [-0.05, 0) is 65.2 Å². The highest BCUT2D eigenvalue weighted by Gasteiger charge is 2.52. The molecule has 0 amide bonds. The van der Waals surface area contributed by atoms with Gasteiger partial charge in [0, 0.05) is 11.5 Å². The Labute approximate surface area is 121 Å². The van der Waals surface area contributed by atoms with E-state index < -0.39 is 5.54 Å². The van der Waals surface area contributed by atoms with Crippen LogP contribution in [0.25, 0.3) is 0 Å². The molecule has 2 atom stereocenters. The van der Waals surface area contributed by atoms with Crippen LogP contribution in [0.5, 0.6) is 0 Å². The molecule has 0 radical (unpaired) electrons. The third kappa shape index (κ3) is 2.61. The highest BCUT2D eigenvalue weighted by Crippen LogP contribution is 2.49. The van der Waals surface area contributed by atoms with E-state index in [-0.39, 0.29) is 22.9 Å². The van der Waals surface area contributed by atoms with Gasteiger partial charge in [-0.3, -0.25) is 0 Å². The van der Waals surface area contributed by atoms with Crippen LogP contribution in [-0.4, -0.2) is 11.2 Å². The van der Waals surface area contributed by atoms with Gasteiger partial charge in [-0.1, -0.05) is 12.1 Å². The van der Waals surface area contributed by atoms with E-state index in [4.69, 9.17) is 10.5 Å². The summed E-state index contributed by atoms with van der Waals surface area (Å²) in [6.07, 6.45) is 0.864. The lowest BCUT2D eigenvalue weighted by atomic mass is 9.70. The lowest BCUT2D eigenvalue weighted by molar-refractivity contribution is -0.0814. The Bertz CT molecular complexity index is 520. The Kier molecular flexibility index (Phi) is 3.51. The van der Waals surface area contributed by atoms with Gasteiger partial charge in [0.25, 0.3) is 0 Å². The maximum atomic E-state index is 13.9. The van der Waals surface area contributed by atoms with Crippen molar-refractivity contribution in [2.75, 3.05) is 0 Å². The molecule has 0 spiro atoms. The monoisotopic (exact) mass is 279 g/mol. The van der Waals surface area contributed by atoms with Crippen molar-refractivity contribution >= 4 is 0 Å². The van der Waals surface area contributed by atoms with Crippen molar-refractivity contribution in [2.45, 2.75) is 64.7 Å². The molecule has 1 aliphatic rings. The molecule has 1 aliphatic heterocycles. The first-order valence-corrected chi connectivity index (χ1v) is 7.21. The Hall–Kier alpha value is -0.930. The summed E-state index contributed by atoms with van der Waals surface area (Å²) in [6.45, 7) is 12.1. The summed E-state index contributed by atoms with van der Waals surface area (Å²) in [5.41, 5.74) is 6.95. The largest absolute Gasteiger partial charge is 0.369 e. The number of hydrogen-bond acceptors (Lipinski definition) is 2. The second kappa shape index (κ2) is 4.54. The number of rotatable bonds is 2. The van der Waals surface area contributed by atoms with Gasteiger partial charge in [0.2, 0.25) is 0 Å². The molecule has 1 aromatic rings. The van der Waals surface area contributed by atoms with Gasteiger partial charge in [-0.2, -0.15) is 0 Å². The Morgan fingerprint density at radius 2 is 1.90 bits per heavy atom. The maximum absolute atomic E-state index is 13.9. The number of benzene rings is 1. The van der Waals surface area contributed by atoms with Gasteiger partial charge >= 0.3 is 0 Å². The van der Waals surface area contributed by atoms with Crippen LogP contribution in [0.1, 0.15) is 52.2 Å². The van der Waals surface area contributed by atoms with E-state index in [1.807, 2.05) is 13.0 Å². The Morgan fingerprint density at radius 3 is 2.35 bits per heavy atom. The molecule has 1 fully saturated rings. The van der Waals surface area contributed by atoms with Crippen LogP contribution in [0.3, 0.4) is 0 Å². The molecule has 0 aliphatic carbocycles. The zero-order valence-corrected chi connectivity index (χ0v) is 13.4. The molecule has 2 rings (SSSR count). The molecule has 20 heavy (non-hydrogen) atoms. The molecule has 1 heterocycles. The summed E-state index contributed by atoms with van der Waals surface area (Å²) < 4.78 is 20.0. The summed E-state index contributed by atoms with van der Waals surface area (Å²) in [7, 11) is 0. The minimum atomic E-state index is -0.619. The van der Waals surface area contributed by atoms with E-state index in [1.165, 1.54) is 0 Å². The molecule has 0 aromatic heterocycles. The van der Waals surface area contributed by atoms with Crippen LogP contribution >= 0.6 is 0 Å². The molecule has 2 N–H and O–H groups in total. The van der Waals surface area contributed by atoms with E-state index in [2.05, 4.69) is 27.7 Å². The third-order valence-corrected chi connectivity index (χ3v) is 4.59. The molecular formula is C17H26FNO. The zero-order valence-electron chi connectivity index (χ0n) is 13.4. The highest BCUT2D eigenvalue weighted by atomic mass is 19.1. The second-order valence-corrected chi connectivity index (χ2v) is 7.47. The van der Waals surface area contributed by atoms with Crippen molar-refractivity contribution in [3.8, 4) is 0 Å². The minimum Gasteiger partial charge on any atom is -0.369 e. The van der Waals surface area contributed by atoms with Crippen LogP contribution in [0.2, 0.25) is 0 Å². The number of ether oxygens (including phenoxy) is 1. The van der Waals surface area contributed by atoms with E-state index in [9.17, 15) is 4.39 Å². The quantitative estimate of drug-likeness (QED) is 0.891. The standard InChI is InChI=1S/C17H26FNO/c1-11-7-8-12(9-13(11)18)17(6,19)14-10-15(2,3)20-16(14,4)5/h7-9,14H,10,19H2,1-6H3. The van der Waals surface area contributed by atoms with Crippen molar-refractivity contribution in [1.29, 1.82) is 0 Å². The number of aryl methyl sites for hydroxylation is 1. The topological polar surface area (TPSA) is 35.2 Å². The molecule has 3 heteroatoms. The summed E-state index contributed by atoms with van der Waals surface area (Å²) >= 11 is 0. The van der Waals surface area contributed by atoms with Crippen molar-refractivity contribution in [3.05, 3.63) is 35.1 Å². The summed E-state index contributed by atoms with van der Waals surface area (Å²) in [4.78, 5) is 0. The normalized spacial score (nSPS) is 27.3. The lowest BCUT2D eigenvalue weighted by Gasteiger charge is -2.39. The van der Waals surface area contributed by atoms with E-state index in [0.29, 0.717) is 5.56 Å². The fourth-order valence-corrected chi connectivity index (χ4v) is 3.63. The van der Waals surface area contributed by atoms with Gasteiger partial charge in [0.05, 0.1) is 11.2 Å². The maximum Gasteiger partial charge on any atom is 0.126 e. The van der Waals surface area contributed by atoms with Crippen LogP contribution in [0.4, 0.5) is 4.39 Å². The molecule has 112 valence electrons. The summed E-state index contributed by atoms with van der Waals surface area (Å²) in [6, 6.07) is 5.29. The highest BCUT2D eigenvalue weighted by molar-refractivity contribution is 5.30. The first-order valence-electron chi connectivity index (χ1n) is 7.21. The van der Waals surface area contributed by atoms with Crippen molar-refractivity contribution in [3.63, 3.8) is 0 Å². The second-order valence-electron chi connectivity index (χ2n) is 7.47. The van der Waals surface area contributed by atoms with Gasteiger partial charge in [0.1, 0.15) is 5.82 Å². The summed E-state index contributed by atoms with van der Waals surface area (Å²) in [5, 5.41) is 0. The van der Waals surface area contributed by atoms with Crippen LogP contribution < -0.4 is 5.73 Å². The SMILES string of the molecule is Cc1ccc(C(C)(N)C2CC(C)(C)OC2(C)C)cc1F. The smallest absolute Gasteiger partial charge is 0.126 e. The van der Waals surface area contributed by atoms with Crippen LogP contribution in [-0.2, 0) is 10.3 Å². The molecule has 1 saturated heterocycles. The average molecular weight is 279 g/mol. The van der Waals surface area contributed by atoms with Crippen molar-refractivity contribution in [2.24, 2.45) is 11.7 Å². The van der Waals surface area contributed by atoms with E-state index in [1.54, 1.807) is 19.1 Å². The number of hydrogen-bond donors (Lipinski definition) is 1. The lowest BCUT2D eigenvalue weighted by Crippen LogP contribution is -2.48. The van der Waals surface area contributed by atoms with Crippen molar-refractivity contribution < 1.29 is 9.13 Å². The fourth-order valence-electron chi connectivity index (χ4n) is 3.63. The molecule has 1 aromatic carbocycles. The first kappa shape index (κ1) is 15.5. The summed E-state index contributed by atoms with van der Waals surface area (Å²) in [5.74, 6) is -0.0673. The zero-order chi connectivity index (χ0) is 15.3. The van der Waals surface area contributed by atoms with E-state index in [0.717, 1.165) is 12.0 Å². The van der Waals surface area contributed by atoms with Gasteiger partial charge in [-0.25, -0.2) is 4.39 Å². The van der Waals surface area contributed by atoms with Crippen molar-refractivity contribution in [1.82, 2.24) is 0 Å². The predicted molar refractivity (Wildman–Crippen MR) is 80.0 cm³/mol. The number of nitrogens with two attached hydrogens (primary N) is 1.